The Labute approximate surface area is 118 Å². The third-order valence-corrected chi connectivity index (χ3v) is 3.86. The highest BCUT2D eigenvalue weighted by Gasteiger charge is 2.18. The Morgan fingerprint density at radius 1 is 1.00 bits per heavy atom. The lowest BCUT2D eigenvalue weighted by Gasteiger charge is -2.32. The van der Waals surface area contributed by atoms with E-state index in [4.69, 9.17) is 18.0 Å². The Hall–Kier alpha value is -1.87. The summed E-state index contributed by atoms with van der Waals surface area (Å²) in [7, 11) is 0. The van der Waals surface area contributed by atoms with E-state index in [0.717, 1.165) is 30.8 Å². The van der Waals surface area contributed by atoms with E-state index < -0.39 is 0 Å². The topological polar surface area (TPSA) is 29.3 Å². The molecule has 2 aromatic carbocycles. The van der Waals surface area contributed by atoms with E-state index in [1.54, 1.807) is 0 Å². The van der Waals surface area contributed by atoms with E-state index in [1.807, 2.05) is 18.2 Å². The van der Waals surface area contributed by atoms with Crippen LogP contribution in [0.5, 0.6) is 0 Å². The van der Waals surface area contributed by atoms with Gasteiger partial charge in [-0.25, -0.2) is 0 Å². The quantitative estimate of drug-likeness (QED) is 0.849. The van der Waals surface area contributed by atoms with Crippen molar-refractivity contribution in [2.45, 2.75) is 13.0 Å². The zero-order chi connectivity index (χ0) is 13.2. The molecule has 0 unspecified atom stereocenters. The van der Waals surface area contributed by atoms with Gasteiger partial charge in [-0.1, -0.05) is 48.6 Å². The summed E-state index contributed by atoms with van der Waals surface area (Å²) in [5.41, 5.74) is 10.8. The number of thiocarbonyl (C=S) groups is 1. The second-order valence-electron chi connectivity index (χ2n) is 4.82. The molecule has 0 aliphatic carbocycles. The van der Waals surface area contributed by atoms with E-state index in [2.05, 4.69) is 35.2 Å². The highest BCUT2D eigenvalue weighted by Crippen LogP contribution is 2.27. The molecule has 3 heteroatoms. The fraction of sp³-hybridized carbons (Fsp3) is 0.188. The minimum Gasteiger partial charge on any atom is -0.389 e. The minimum atomic E-state index is 0.467. The highest BCUT2D eigenvalue weighted by atomic mass is 32.1. The van der Waals surface area contributed by atoms with Crippen molar-refractivity contribution in [3.63, 3.8) is 0 Å². The zero-order valence-electron chi connectivity index (χ0n) is 10.7. The number of rotatable bonds is 2. The lowest BCUT2D eigenvalue weighted by Crippen LogP contribution is -2.32. The Balaban J connectivity index is 1.95. The lowest BCUT2D eigenvalue weighted by atomic mass is 9.99. The first kappa shape index (κ1) is 12.2. The van der Waals surface area contributed by atoms with Gasteiger partial charge in [-0.05, 0) is 29.7 Å². The summed E-state index contributed by atoms with van der Waals surface area (Å²) in [6.07, 6.45) is 1.07. The monoisotopic (exact) mass is 268 g/mol. The van der Waals surface area contributed by atoms with Crippen molar-refractivity contribution in [2.75, 3.05) is 11.4 Å². The molecule has 1 aliphatic heterocycles. The normalized spacial score (nSPS) is 14.0. The number of anilines is 1. The maximum atomic E-state index is 5.82. The SMILES string of the molecule is NC(=S)c1ccccc1N1CCc2ccccc2C1. The first-order chi connectivity index (χ1) is 9.25. The molecule has 0 saturated carbocycles. The van der Waals surface area contributed by atoms with Crippen LogP contribution in [0.2, 0.25) is 0 Å². The summed E-state index contributed by atoms with van der Waals surface area (Å²) in [6.45, 7) is 1.94. The van der Waals surface area contributed by atoms with Gasteiger partial charge in [0.2, 0.25) is 0 Å². The Kier molecular flexibility index (Phi) is 3.22. The molecular weight excluding hydrogens is 252 g/mol. The van der Waals surface area contributed by atoms with E-state index >= 15 is 0 Å². The first-order valence-electron chi connectivity index (χ1n) is 6.46. The zero-order valence-corrected chi connectivity index (χ0v) is 11.5. The van der Waals surface area contributed by atoms with Gasteiger partial charge in [-0.3, -0.25) is 0 Å². The van der Waals surface area contributed by atoms with Crippen LogP contribution in [0.4, 0.5) is 5.69 Å². The van der Waals surface area contributed by atoms with E-state index in [9.17, 15) is 0 Å². The van der Waals surface area contributed by atoms with Crippen LogP contribution < -0.4 is 10.6 Å². The second kappa shape index (κ2) is 5.02. The van der Waals surface area contributed by atoms with Gasteiger partial charge in [-0.15, -0.1) is 0 Å². The maximum Gasteiger partial charge on any atom is 0.106 e. The smallest absolute Gasteiger partial charge is 0.106 e. The Bertz CT molecular complexity index is 622. The van der Waals surface area contributed by atoms with Crippen LogP contribution in [0.15, 0.2) is 48.5 Å². The van der Waals surface area contributed by atoms with Crippen LogP contribution in [0.3, 0.4) is 0 Å². The molecule has 1 heterocycles. The first-order valence-corrected chi connectivity index (χ1v) is 6.87. The largest absolute Gasteiger partial charge is 0.389 e. The van der Waals surface area contributed by atoms with Gasteiger partial charge in [0.15, 0.2) is 0 Å². The minimum absolute atomic E-state index is 0.467. The Morgan fingerprint density at radius 3 is 2.47 bits per heavy atom. The molecule has 2 N–H and O–H groups in total. The molecule has 0 bridgehead atoms. The summed E-state index contributed by atoms with van der Waals surface area (Å²) < 4.78 is 0. The molecule has 0 atom stereocenters. The highest BCUT2D eigenvalue weighted by molar-refractivity contribution is 7.80. The van der Waals surface area contributed by atoms with Crippen LogP contribution >= 0.6 is 12.2 Å². The molecule has 0 saturated heterocycles. The summed E-state index contributed by atoms with van der Waals surface area (Å²) in [6, 6.07) is 16.7. The average Bonchev–Trinajstić information content (AvgIpc) is 2.46. The summed E-state index contributed by atoms with van der Waals surface area (Å²) in [4.78, 5) is 2.83. The number of fused-ring (bicyclic) bond motifs is 1. The molecular formula is C16H16N2S. The third kappa shape index (κ3) is 2.34. The van der Waals surface area contributed by atoms with Crippen molar-refractivity contribution >= 4 is 22.9 Å². The maximum absolute atomic E-state index is 5.82. The van der Waals surface area contributed by atoms with E-state index in [0.29, 0.717) is 4.99 Å². The number of nitrogens with zero attached hydrogens (tertiary/aromatic N) is 1. The van der Waals surface area contributed by atoms with Gasteiger partial charge in [0.05, 0.1) is 0 Å². The lowest BCUT2D eigenvalue weighted by molar-refractivity contribution is 0.731. The van der Waals surface area contributed by atoms with Gasteiger partial charge >= 0.3 is 0 Å². The number of hydrogen-bond acceptors (Lipinski definition) is 2. The summed E-state index contributed by atoms with van der Waals surface area (Å²) in [5, 5.41) is 0. The number of hydrogen-bond donors (Lipinski definition) is 1. The molecule has 0 fully saturated rings. The number of benzene rings is 2. The van der Waals surface area contributed by atoms with Gasteiger partial charge in [0, 0.05) is 24.3 Å². The van der Waals surface area contributed by atoms with Crippen LogP contribution in [-0.2, 0) is 13.0 Å². The van der Waals surface area contributed by atoms with Crippen molar-refractivity contribution in [3.8, 4) is 0 Å². The molecule has 0 amide bonds. The molecule has 2 aromatic rings. The van der Waals surface area contributed by atoms with Gasteiger partial charge in [0.25, 0.3) is 0 Å². The molecule has 96 valence electrons. The van der Waals surface area contributed by atoms with Gasteiger partial charge in [0.1, 0.15) is 4.99 Å². The number of para-hydroxylation sites is 1. The molecule has 0 radical (unpaired) electrons. The van der Waals surface area contributed by atoms with E-state index in [1.165, 1.54) is 11.1 Å². The van der Waals surface area contributed by atoms with Crippen molar-refractivity contribution in [3.05, 3.63) is 65.2 Å². The van der Waals surface area contributed by atoms with Crippen molar-refractivity contribution in [1.29, 1.82) is 0 Å². The predicted octanol–water partition coefficient (Wildman–Crippen LogP) is 2.88. The van der Waals surface area contributed by atoms with Crippen LogP contribution in [-0.4, -0.2) is 11.5 Å². The molecule has 3 rings (SSSR count). The fourth-order valence-corrected chi connectivity index (χ4v) is 2.83. The molecule has 0 spiro atoms. The van der Waals surface area contributed by atoms with Gasteiger partial charge in [-0.2, -0.15) is 0 Å². The summed E-state index contributed by atoms with van der Waals surface area (Å²) >= 11 is 5.15. The van der Waals surface area contributed by atoms with Crippen molar-refractivity contribution in [2.24, 2.45) is 5.73 Å². The van der Waals surface area contributed by atoms with E-state index in [-0.39, 0.29) is 0 Å². The summed E-state index contributed by atoms with van der Waals surface area (Å²) in [5.74, 6) is 0. The standard InChI is InChI=1S/C16H16N2S/c17-16(19)14-7-3-4-8-15(14)18-10-9-12-5-1-2-6-13(12)11-18/h1-8H,9-11H2,(H2,17,19). The molecule has 0 aromatic heterocycles. The van der Waals surface area contributed by atoms with Crippen LogP contribution in [0.1, 0.15) is 16.7 Å². The predicted molar refractivity (Wildman–Crippen MR) is 83.5 cm³/mol. The molecule has 19 heavy (non-hydrogen) atoms. The van der Waals surface area contributed by atoms with Crippen LogP contribution in [0.25, 0.3) is 0 Å². The molecule has 2 nitrogen and oxygen atoms in total. The van der Waals surface area contributed by atoms with Crippen molar-refractivity contribution in [1.82, 2.24) is 0 Å². The van der Waals surface area contributed by atoms with Crippen molar-refractivity contribution < 1.29 is 0 Å². The second-order valence-corrected chi connectivity index (χ2v) is 5.26. The molecule has 1 aliphatic rings. The average molecular weight is 268 g/mol. The van der Waals surface area contributed by atoms with Gasteiger partial charge < -0.3 is 10.6 Å². The fourth-order valence-electron chi connectivity index (χ4n) is 2.66. The van der Waals surface area contributed by atoms with Crippen LogP contribution in [0, 0.1) is 0 Å². The number of nitrogens with two attached hydrogens (primary N) is 1. The third-order valence-electron chi connectivity index (χ3n) is 3.64. The Morgan fingerprint density at radius 2 is 1.68 bits per heavy atom.